The largest absolute Gasteiger partial charge is 0.496 e. The average Bonchev–Trinajstić information content (AvgIpc) is 2.37. The minimum absolute atomic E-state index is 0.754. The van der Waals surface area contributed by atoms with Crippen molar-refractivity contribution in [1.29, 1.82) is 0 Å². The van der Waals surface area contributed by atoms with Crippen LogP contribution in [0.4, 0.5) is 5.69 Å². The lowest BCUT2D eigenvalue weighted by atomic mass is 10.1. The predicted molar refractivity (Wildman–Crippen MR) is 94.6 cm³/mol. The Morgan fingerprint density at radius 3 is 2.25 bits per heavy atom. The maximum Gasteiger partial charge on any atom is 0.121 e. The van der Waals surface area contributed by atoms with E-state index in [0.29, 0.717) is 0 Å². The van der Waals surface area contributed by atoms with Crippen LogP contribution in [0.2, 0.25) is 0 Å². The lowest BCUT2D eigenvalue weighted by molar-refractivity contribution is 0.411. The molecule has 2 aromatic rings. The summed E-state index contributed by atoms with van der Waals surface area (Å²) in [4.78, 5) is 0. The lowest BCUT2D eigenvalue weighted by Gasteiger charge is -2.13. The molecule has 5 heteroatoms. The van der Waals surface area contributed by atoms with Gasteiger partial charge in [-0.25, -0.2) is 0 Å². The van der Waals surface area contributed by atoms with Crippen LogP contribution in [0.3, 0.4) is 0 Å². The zero-order chi connectivity index (χ0) is 14.7. The molecule has 2 rings (SSSR count). The number of ether oxygens (including phenoxy) is 1. The maximum absolute atomic E-state index is 5.27. The van der Waals surface area contributed by atoms with E-state index in [1.165, 1.54) is 5.56 Å². The smallest absolute Gasteiger partial charge is 0.121 e. The second-order valence-electron chi connectivity index (χ2n) is 4.40. The van der Waals surface area contributed by atoms with E-state index in [-0.39, 0.29) is 0 Å². The van der Waals surface area contributed by atoms with E-state index in [4.69, 9.17) is 4.74 Å². The van der Waals surface area contributed by atoms with Crippen molar-refractivity contribution in [3.05, 3.63) is 54.9 Å². The molecule has 2 aromatic carbocycles. The van der Waals surface area contributed by atoms with Gasteiger partial charge in [0.2, 0.25) is 0 Å². The average molecular weight is 464 g/mol. The van der Waals surface area contributed by atoms with Crippen LogP contribution in [0.5, 0.6) is 5.75 Å². The molecule has 0 heterocycles. The molecule has 0 spiro atoms. The Balaban J connectivity index is 2.15. The van der Waals surface area contributed by atoms with Gasteiger partial charge in [0, 0.05) is 20.0 Å². The van der Waals surface area contributed by atoms with Crippen molar-refractivity contribution in [2.45, 2.75) is 13.5 Å². The zero-order valence-corrected chi connectivity index (χ0v) is 15.9. The van der Waals surface area contributed by atoms with Gasteiger partial charge in [0.15, 0.2) is 0 Å². The van der Waals surface area contributed by atoms with E-state index in [0.717, 1.165) is 37.0 Å². The summed E-state index contributed by atoms with van der Waals surface area (Å²) in [5.74, 6) is 0.916. The van der Waals surface area contributed by atoms with Gasteiger partial charge in [-0.15, -0.1) is 0 Å². The summed E-state index contributed by atoms with van der Waals surface area (Å²) < 4.78 is 8.34. The highest BCUT2D eigenvalue weighted by molar-refractivity contribution is 9.11. The van der Waals surface area contributed by atoms with Gasteiger partial charge in [0.1, 0.15) is 5.75 Å². The molecule has 0 aliphatic rings. The number of hydrogen-bond acceptors (Lipinski definition) is 2. The minimum Gasteiger partial charge on any atom is -0.496 e. The molecule has 0 aliphatic heterocycles. The van der Waals surface area contributed by atoms with Crippen LogP contribution in [0.25, 0.3) is 0 Å². The second-order valence-corrected chi connectivity index (χ2v) is 7.03. The van der Waals surface area contributed by atoms with Crippen LogP contribution in [0.1, 0.15) is 11.1 Å². The zero-order valence-electron chi connectivity index (χ0n) is 11.1. The molecule has 0 bridgehead atoms. The molecule has 0 saturated heterocycles. The molecule has 0 unspecified atom stereocenters. The number of methoxy groups -OCH3 is 1. The number of rotatable bonds is 4. The van der Waals surface area contributed by atoms with Crippen LogP contribution in [0.15, 0.2) is 43.7 Å². The van der Waals surface area contributed by atoms with E-state index in [1.54, 1.807) is 7.11 Å². The quantitative estimate of drug-likeness (QED) is 0.609. The van der Waals surface area contributed by atoms with Crippen molar-refractivity contribution >= 4 is 53.5 Å². The monoisotopic (exact) mass is 461 g/mol. The number of halogens is 3. The fraction of sp³-hybridized carbons (Fsp3) is 0.200. The molecular weight excluding hydrogens is 450 g/mol. The Labute approximate surface area is 144 Å². The first-order chi connectivity index (χ1) is 9.51. The van der Waals surface area contributed by atoms with Crippen molar-refractivity contribution in [3.63, 3.8) is 0 Å². The number of nitrogens with one attached hydrogen (secondary N) is 1. The van der Waals surface area contributed by atoms with Gasteiger partial charge in [-0.2, -0.15) is 0 Å². The summed E-state index contributed by atoms with van der Waals surface area (Å²) in [5, 5.41) is 3.43. The van der Waals surface area contributed by atoms with E-state index in [9.17, 15) is 0 Å². The Hall–Kier alpha value is -0.520. The standard InChI is InChI=1S/C15H14Br3NO/c1-9-5-10(3-4-14(9)20-2)8-19-15-12(17)6-11(16)7-13(15)18/h3-7,19H,8H2,1-2H3. The van der Waals surface area contributed by atoms with Crippen LogP contribution in [0, 0.1) is 6.92 Å². The highest BCUT2D eigenvalue weighted by atomic mass is 79.9. The van der Waals surface area contributed by atoms with E-state index in [1.807, 2.05) is 25.1 Å². The SMILES string of the molecule is COc1ccc(CNc2c(Br)cc(Br)cc2Br)cc1C. The first kappa shape index (κ1) is 15.9. The van der Waals surface area contributed by atoms with Crippen LogP contribution in [-0.4, -0.2) is 7.11 Å². The van der Waals surface area contributed by atoms with E-state index in [2.05, 4.69) is 65.2 Å². The van der Waals surface area contributed by atoms with Crippen molar-refractivity contribution in [3.8, 4) is 5.75 Å². The van der Waals surface area contributed by atoms with E-state index >= 15 is 0 Å². The number of anilines is 1. The summed E-state index contributed by atoms with van der Waals surface area (Å²) in [6.07, 6.45) is 0. The van der Waals surface area contributed by atoms with Crippen LogP contribution < -0.4 is 10.1 Å². The summed E-state index contributed by atoms with van der Waals surface area (Å²) in [6.45, 7) is 2.80. The fourth-order valence-corrected chi connectivity index (χ4v) is 4.49. The van der Waals surface area contributed by atoms with Gasteiger partial charge in [-0.3, -0.25) is 0 Å². The third kappa shape index (κ3) is 3.77. The summed E-state index contributed by atoms with van der Waals surface area (Å²) in [5.41, 5.74) is 3.40. The summed E-state index contributed by atoms with van der Waals surface area (Å²) in [6, 6.07) is 10.2. The van der Waals surface area contributed by atoms with E-state index < -0.39 is 0 Å². The molecule has 0 aromatic heterocycles. The van der Waals surface area contributed by atoms with Crippen molar-refractivity contribution in [1.82, 2.24) is 0 Å². The summed E-state index contributed by atoms with van der Waals surface area (Å²) in [7, 11) is 1.69. The normalized spacial score (nSPS) is 10.4. The molecule has 2 nitrogen and oxygen atoms in total. The highest BCUT2D eigenvalue weighted by Crippen LogP contribution is 2.34. The number of aryl methyl sites for hydroxylation is 1. The third-order valence-electron chi connectivity index (χ3n) is 2.94. The van der Waals surface area contributed by atoms with Gasteiger partial charge in [-0.1, -0.05) is 28.1 Å². The first-order valence-corrected chi connectivity index (χ1v) is 8.41. The lowest BCUT2D eigenvalue weighted by Crippen LogP contribution is -2.01. The van der Waals surface area contributed by atoms with Crippen molar-refractivity contribution in [2.24, 2.45) is 0 Å². The van der Waals surface area contributed by atoms with Gasteiger partial charge < -0.3 is 10.1 Å². The maximum atomic E-state index is 5.27. The number of hydrogen-bond donors (Lipinski definition) is 1. The second kappa shape index (κ2) is 6.96. The molecule has 106 valence electrons. The summed E-state index contributed by atoms with van der Waals surface area (Å²) >= 11 is 10.6. The molecule has 0 fully saturated rings. The Morgan fingerprint density at radius 1 is 1.05 bits per heavy atom. The molecule has 1 N–H and O–H groups in total. The van der Waals surface area contributed by atoms with Gasteiger partial charge in [-0.05, 0) is 68.1 Å². The van der Waals surface area contributed by atoms with Gasteiger partial charge in [0.05, 0.1) is 12.8 Å². The Kier molecular flexibility index (Phi) is 5.52. The molecule has 0 saturated carbocycles. The van der Waals surface area contributed by atoms with Crippen molar-refractivity contribution < 1.29 is 4.74 Å². The molecule has 0 atom stereocenters. The molecule has 0 amide bonds. The molecule has 0 aliphatic carbocycles. The van der Waals surface area contributed by atoms with Crippen LogP contribution in [-0.2, 0) is 6.54 Å². The Morgan fingerprint density at radius 2 is 1.70 bits per heavy atom. The number of benzene rings is 2. The minimum atomic E-state index is 0.754. The Bertz CT molecular complexity index is 606. The molecule has 20 heavy (non-hydrogen) atoms. The van der Waals surface area contributed by atoms with Crippen molar-refractivity contribution in [2.75, 3.05) is 12.4 Å². The van der Waals surface area contributed by atoms with Gasteiger partial charge >= 0.3 is 0 Å². The highest BCUT2D eigenvalue weighted by Gasteiger charge is 2.07. The predicted octanol–water partition coefficient (Wildman–Crippen LogP) is 5.90. The molecular formula is C15H14Br3NO. The van der Waals surface area contributed by atoms with Gasteiger partial charge in [0.25, 0.3) is 0 Å². The first-order valence-electron chi connectivity index (χ1n) is 6.03. The molecule has 0 radical (unpaired) electrons. The van der Waals surface area contributed by atoms with Crippen LogP contribution >= 0.6 is 47.8 Å². The fourth-order valence-electron chi connectivity index (χ4n) is 1.95. The third-order valence-corrected chi connectivity index (χ3v) is 4.64. The topological polar surface area (TPSA) is 21.3 Å².